The Labute approximate surface area is 111 Å². The minimum absolute atomic E-state index is 0.0107. The Morgan fingerprint density at radius 3 is 2.95 bits per heavy atom. The Balaban J connectivity index is 2.18. The standard InChI is InChI=1S/C13H19N3O3/c1-13(2,7-17)6-15-9-4-10-11(3-8(9)14)19-5-12(18)16-10/h3-4,15,17H,5-7,14H2,1-2H3,(H,16,18). The molecule has 0 saturated heterocycles. The van der Waals surface area contributed by atoms with Gasteiger partial charge in [-0.2, -0.15) is 0 Å². The molecule has 5 N–H and O–H groups in total. The number of ether oxygens (including phenoxy) is 1. The molecule has 1 aliphatic rings. The van der Waals surface area contributed by atoms with Crippen LogP contribution in [0.3, 0.4) is 0 Å². The summed E-state index contributed by atoms with van der Waals surface area (Å²) in [5.74, 6) is 0.392. The van der Waals surface area contributed by atoms with Crippen LogP contribution in [0.5, 0.6) is 5.75 Å². The number of amides is 1. The van der Waals surface area contributed by atoms with E-state index < -0.39 is 0 Å². The van der Waals surface area contributed by atoms with Gasteiger partial charge in [0.1, 0.15) is 5.75 Å². The molecule has 0 saturated carbocycles. The second-order valence-electron chi connectivity index (χ2n) is 5.45. The minimum Gasteiger partial charge on any atom is -0.482 e. The fourth-order valence-corrected chi connectivity index (χ4v) is 1.69. The number of carbonyl (C=O) groups excluding carboxylic acids is 1. The lowest BCUT2D eigenvalue weighted by Gasteiger charge is -2.25. The van der Waals surface area contributed by atoms with Gasteiger partial charge in [-0.1, -0.05) is 13.8 Å². The number of anilines is 3. The molecule has 1 amide bonds. The lowest BCUT2D eigenvalue weighted by molar-refractivity contribution is -0.118. The van der Waals surface area contributed by atoms with Gasteiger partial charge in [0.05, 0.1) is 17.1 Å². The van der Waals surface area contributed by atoms with Gasteiger partial charge in [-0.05, 0) is 6.07 Å². The van der Waals surface area contributed by atoms with Gasteiger partial charge in [0, 0.05) is 24.6 Å². The van der Waals surface area contributed by atoms with Gasteiger partial charge in [-0.3, -0.25) is 4.79 Å². The zero-order chi connectivity index (χ0) is 14.0. The van der Waals surface area contributed by atoms with Gasteiger partial charge < -0.3 is 26.2 Å². The van der Waals surface area contributed by atoms with E-state index >= 15 is 0 Å². The molecule has 0 bridgehead atoms. The Kier molecular flexibility index (Phi) is 3.53. The number of aliphatic hydroxyl groups excluding tert-OH is 1. The van der Waals surface area contributed by atoms with Gasteiger partial charge in [0.15, 0.2) is 6.61 Å². The second-order valence-corrected chi connectivity index (χ2v) is 5.45. The molecule has 0 atom stereocenters. The van der Waals surface area contributed by atoms with Crippen molar-refractivity contribution >= 4 is 23.0 Å². The summed E-state index contributed by atoms with van der Waals surface area (Å²) >= 11 is 0. The summed E-state index contributed by atoms with van der Waals surface area (Å²) in [4.78, 5) is 11.3. The number of hydrogen-bond donors (Lipinski definition) is 4. The van der Waals surface area contributed by atoms with Gasteiger partial charge in [-0.15, -0.1) is 0 Å². The molecule has 0 aromatic heterocycles. The van der Waals surface area contributed by atoms with Crippen molar-refractivity contribution in [1.29, 1.82) is 0 Å². The smallest absolute Gasteiger partial charge is 0.262 e. The van der Waals surface area contributed by atoms with Crippen molar-refractivity contribution in [3.05, 3.63) is 12.1 Å². The molecule has 6 heteroatoms. The molecule has 1 aromatic carbocycles. The number of nitrogens with two attached hydrogens (primary N) is 1. The van der Waals surface area contributed by atoms with Gasteiger partial charge in [0.2, 0.25) is 0 Å². The van der Waals surface area contributed by atoms with Crippen LogP contribution in [0, 0.1) is 5.41 Å². The van der Waals surface area contributed by atoms with Crippen molar-refractivity contribution in [2.24, 2.45) is 5.41 Å². The van der Waals surface area contributed by atoms with E-state index in [0.717, 1.165) is 0 Å². The van der Waals surface area contributed by atoms with E-state index in [-0.39, 0.29) is 24.5 Å². The molecular weight excluding hydrogens is 246 g/mol. The fourth-order valence-electron chi connectivity index (χ4n) is 1.69. The highest BCUT2D eigenvalue weighted by Gasteiger charge is 2.20. The van der Waals surface area contributed by atoms with Crippen LogP contribution in [0.1, 0.15) is 13.8 Å². The summed E-state index contributed by atoms with van der Waals surface area (Å²) in [5, 5.41) is 15.1. The SMILES string of the molecule is CC(C)(CO)CNc1cc2c(cc1N)OCC(=O)N2. The van der Waals surface area contributed by atoms with E-state index in [1.807, 2.05) is 13.8 Å². The van der Waals surface area contributed by atoms with Crippen LogP contribution in [0.25, 0.3) is 0 Å². The Morgan fingerprint density at radius 2 is 2.26 bits per heavy atom. The first-order chi connectivity index (χ1) is 8.91. The lowest BCUT2D eigenvalue weighted by atomic mass is 9.95. The van der Waals surface area contributed by atoms with Crippen LogP contribution in [0.4, 0.5) is 17.1 Å². The zero-order valence-electron chi connectivity index (χ0n) is 11.1. The topological polar surface area (TPSA) is 96.6 Å². The number of nitrogen functional groups attached to an aromatic ring is 1. The summed E-state index contributed by atoms with van der Waals surface area (Å²) in [6.45, 7) is 4.54. The highest BCUT2D eigenvalue weighted by Crippen LogP contribution is 2.35. The van der Waals surface area contributed by atoms with E-state index in [9.17, 15) is 9.90 Å². The highest BCUT2D eigenvalue weighted by molar-refractivity contribution is 5.97. The molecule has 19 heavy (non-hydrogen) atoms. The molecule has 1 aromatic rings. The van der Waals surface area contributed by atoms with E-state index in [2.05, 4.69) is 10.6 Å². The summed E-state index contributed by atoms with van der Waals surface area (Å²) in [6, 6.07) is 3.43. The average molecular weight is 265 g/mol. The predicted molar refractivity (Wildman–Crippen MR) is 74.3 cm³/mol. The average Bonchev–Trinajstić information content (AvgIpc) is 2.37. The maximum Gasteiger partial charge on any atom is 0.262 e. The van der Waals surface area contributed by atoms with Crippen molar-refractivity contribution < 1.29 is 14.6 Å². The van der Waals surface area contributed by atoms with Crippen molar-refractivity contribution in [3.63, 3.8) is 0 Å². The number of rotatable bonds is 4. The van der Waals surface area contributed by atoms with Gasteiger partial charge >= 0.3 is 0 Å². The number of nitrogens with one attached hydrogen (secondary N) is 2. The zero-order valence-corrected chi connectivity index (χ0v) is 11.1. The van der Waals surface area contributed by atoms with E-state index in [4.69, 9.17) is 10.5 Å². The molecule has 0 fully saturated rings. The molecule has 0 aliphatic carbocycles. The van der Waals surface area contributed by atoms with Crippen LogP contribution < -0.4 is 21.1 Å². The van der Waals surface area contributed by atoms with E-state index in [1.54, 1.807) is 12.1 Å². The first-order valence-electron chi connectivity index (χ1n) is 6.12. The number of hydrogen-bond acceptors (Lipinski definition) is 5. The maximum atomic E-state index is 11.3. The number of aliphatic hydroxyl groups is 1. The van der Waals surface area contributed by atoms with Gasteiger partial charge in [0.25, 0.3) is 5.91 Å². The minimum atomic E-state index is -0.248. The molecule has 0 radical (unpaired) electrons. The quantitative estimate of drug-likeness (QED) is 0.610. The van der Waals surface area contributed by atoms with Crippen LogP contribution in [-0.2, 0) is 4.79 Å². The van der Waals surface area contributed by atoms with Crippen LogP contribution >= 0.6 is 0 Å². The molecular formula is C13H19N3O3. The molecule has 2 rings (SSSR count). The van der Waals surface area contributed by atoms with E-state index in [1.165, 1.54) is 0 Å². The fraction of sp³-hybridized carbons (Fsp3) is 0.462. The third kappa shape index (κ3) is 3.08. The summed E-state index contributed by atoms with van der Waals surface area (Å²) in [5.41, 5.74) is 7.55. The third-order valence-electron chi connectivity index (χ3n) is 2.97. The van der Waals surface area contributed by atoms with Crippen molar-refractivity contribution in [1.82, 2.24) is 0 Å². The van der Waals surface area contributed by atoms with E-state index in [0.29, 0.717) is 29.4 Å². The number of carbonyl (C=O) groups is 1. The monoisotopic (exact) mass is 265 g/mol. The summed E-state index contributed by atoms with van der Waals surface area (Å²) < 4.78 is 5.28. The predicted octanol–water partition coefficient (Wildman–Crippen LogP) is 1.03. The second kappa shape index (κ2) is 4.97. The van der Waals surface area contributed by atoms with Crippen LogP contribution in [0.15, 0.2) is 12.1 Å². The third-order valence-corrected chi connectivity index (χ3v) is 2.97. The number of fused-ring (bicyclic) bond motifs is 1. The maximum absolute atomic E-state index is 11.3. The normalized spacial score (nSPS) is 14.4. The Hall–Kier alpha value is -1.95. The molecule has 1 heterocycles. The largest absolute Gasteiger partial charge is 0.482 e. The summed E-state index contributed by atoms with van der Waals surface area (Å²) in [6.07, 6.45) is 0. The molecule has 1 aliphatic heterocycles. The lowest BCUT2D eigenvalue weighted by Crippen LogP contribution is -2.28. The first-order valence-corrected chi connectivity index (χ1v) is 6.12. The molecule has 104 valence electrons. The Bertz CT molecular complexity index is 500. The van der Waals surface area contributed by atoms with Crippen LogP contribution in [0.2, 0.25) is 0 Å². The van der Waals surface area contributed by atoms with Crippen LogP contribution in [-0.4, -0.2) is 30.8 Å². The molecule has 0 unspecified atom stereocenters. The summed E-state index contributed by atoms with van der Waals surface area (Å²) in [7, 11) is 0. The number of benzene rings is 1. The van der Waals surface area contributed by atoms with Gasteiger partial charge in [-0.25, -0.2) is 0 Å². The molecule has 6 nitrogen and oxygen atoms in total. The Morgan fingerprint density at radius 1 is 1.53 bits per heavy atom. The highest BCUT2D eigenvalue weighted by atomic mass is 16.5. The molecule has 0 spiro atoms. The first kappa shape index (κ1) is 13.5. The van der Waals surface area contributed by atoms with Crippen molar-refractivity contribution in [2.75, 3.05) is 36.1 Å². The van der Waals surface area contributed by atoms with Crippen molar-refractivity contribution in [3.8, 4) is 5.75 Å². The van der Waals surface area contributed by atoms with Crippen molar-refractivity contribution in [2.45, 2.75) is 13.8 Å².